The van der Waals surface area contributed by atoms with Crippen molar-refractivity contribution in [3.63, 3.8) is 0 Å². The molecule has 4 aromatic rings. The molecule has 0 saturated carbocycles. The topological polar surface area (TPSA) is 84.9 Å². The van der Waals surface area contributed by atoms with Crippen molar-refractivity contribution in [1.82, 2.24) is 29.8 Å². The number of nitrogens with one attached hydrogen (secondary N) is 1. The van der Waals surface area contributed by atoms with E-state index in [2.05, 4.69) is 20.3 Å². The molecule has 23 heavy (non-hydrogen) atoms. The first-order valence-electron chi connectivity index (χ1n) is 7.65. The normalized spacial score (nSPS) is 11.8. The second kappa shape index (κ2) is 4.91. The van der Waals surface area contributed by atoms with Crippen LogP contribution in [0.2, 0.25) is 0 Å². The second-order valence-corrected chi connectivity index (χ2v) is 5.92. The lowest BCUT2D eigenvalue weighted by molar-refractivity contribution is 0.563. The van der Waals surface area contributed by atoms with E-state index in [1.807, 2.05) is 27.7 Å². The molecule has 7 heteroatoms. The largest absolute Gasteiger partial charge is 0.443 e. The van der Waals surface area contributed by atoms with Gasteiger partial charge in [-0.1, -0.05) is 0 Å². The zero-order valence-corrected chi connectivity index (χ0v) is 13.6. The first-order chi connectivity index (χ1) is 11.0. The van der Waals surface area contributed by atoms with Gasteiger partial charge in [-0.05, 0) is 39.7 Å². The van der Waals surface area contributed by atoms with Crippen molar-refractivity contribution in [2.45, 2.75) is 40.5 Å². The maximum absolute atomic E-state index is 5.66. The standard InChI is InChI=1S/C16H18N6O/c1-8-11(4)23-16-14(8)15-18-13(21-22(15)7-17-16)6-5-12-9(2)19-20-10(12)3/h7H,5-6H2,1-4H3,(H,19,20). The minimum Gasteiger partial charge on any atom is -0.443 e. The minimum atomic E-state index is 0.618. The summed E-state index contributed by atoms with van der Waals surface area (Å²) in [6.45, 7) is 8.02. The number of aryl methyl sites for hydroxylation is 5. The Balaban J connectivity index is 1.73. The number of H-pyrrole nitrogens is 1. The van der Waals surface area contributed by atoms with Gasteiger partial charge in [0.25, 0.3) is 0 Å². The van der Waals surface area contributed by atoms with Gasteiger partial charge >= 0.3 is 0 Å². The highest BCUT2D eigenvalue weighted by Crippen LogP contribution is 2.26. The number of hydrogen-bond acceptors (Lipinski definition) is 5. The molecule has 0 aliphatic carbocycles. The van der Waals surface area contributed by atoms with E-state index in [9.17, 15) is 0 Å². The van der Waals surface area contributed by atoms with Crippen molar-refractivity contribution in [2.24, 2.45) is 0 Å². The molecule has 4 heterocycles. The Hall–Kier alpha value is -2.70. The summed E-state index contributed by atoms with van der Waals surface area (Å²) in [5.74, 6) is 1.67. The molecule has 0 fully saturated rings. The van der Waals surface area contributed by atoms with Gasteiger partial charge < -0.3 is 4.42 Å². The van der Waals surface area contributed by atoms with Crippen LogP contribution in [0.15, 0.2) is 10.7 Å². The summed E-state index contributed by atoms with van der Waals surface area (Å²) < 4.78 is 7.39. The van der Waals surface area contributed by atoms with Crippen LogP contribution in [0.4, 0.5) is 0 Å². The number of fused-ring (bicyclic) bond motifs is 3. The van der Waals surface area contributed by atoms with Gasteiger partial charge in [-0.3, -0.25) is 5.10 Å². The highest BCUT2D eigenvalue weighted by atomic mass is 16.3. The highest BCUT2D eigenvalue weighted by Gasteiger charge is 2.16. The Kier molecular flexibility index (Phi) is 2.97. The van der Waals surface area contributed by atoms with Crippen LogP contribution in [0, 0.1) is 27.7 Å². The Morgan fingerprint density at radius 2 is 2.00 bits per heavy atom. The average molecular weight is 310 g/mol. The van der Waals surface area contributed by atoms with Gasteiger partial charge in [-0.2, -0.15) is 5.10 Å². The molecular weight excluding hydrogens is 292 g/mol. The molecule has 118 valence electrons. The van der Waals surface area contributed by atoms with Crippen molar-refractivity contribution < 1.29 is 4.42 Å². The summed E-state index contributed by atoms with van der Waals surface area (Å²) in [5.41, 5.74) is 5.88. The molecule has 0 amide bonds. The number of hydrogen-bond donors (Lipinski definition) is 1. The molecule has 0 aliphatic rings. The van der Waals surface area contributed by atoms with Crippen LogP contribution in [-0.4, -0.2) is 29.8 Å². The van der Waals surface area contributed by atoms with Gasteiger partial charge in [0.05, 0.1) is 11.1 Å². The van der Waals surface area contributed by atoms with Crippen molar-refractivity contribution in [3.05, 3.63) is 40.4 Å². The molecule has 0 bridgehead atoms. The van der Waals surface area contributed by atoms with Gasteiger partial charge in [0, 0.05) is 17.7 Å². The van der Waals surface area contributed by atoms with Gasteiger partial charge in [-0.25, -0.2) is 14.5 Å². The fourth-order valence-electron chi connectivity index (χ4n) is 2.97. The number of nitrogens with zero attached hydrogens (tertiary/aromatic N) is 5. The van der Waals surface area contributed by atoms with Gasteiger partial charge in [0.2, 0.25) is 5.71 Å². The van der Waals surface area contributed by atoms with Crippen molar-refractivity contribution in [3.8, 4) is 0 Å². The molecule has 1 N–H and O–H groups in total. The van der Waals surface area contributed by atoms with E-state index in [1.165, 1.54) is 5.56 Å². The van der Waals surface area contributed by atoms with E-state index in [0.29, 0.717) is 5.71 Å². The van der Waals surface area contributed by atoms with Gasteiger partial charge in [-0.15, -0.1) is 5.10 Å². The zero-order chi connectivity index (χ0) is 16.1. The summed E-state index contributed by atoms with van der Waals surface area (Å²) in [6, 6.07) is 0. The molecule has 0 saturated heterocycles. The number of aromatic amines is 1. The SMILES string of the molecule is Cc1n[nH]c(C)c1CCc1nc2c3c(C)c(C)oc3ncn2n1. The third-order valence-corrected chi connectivity index (χ3v) is 4.43. The molecule has 4 rings (SSSR count). The Bertz CT molecular complexity index is 1000. The second-order valence-electron chi connectivity index (χ2n) is 5.92. The van der Waals surface area contributed by atoms with Crippen molar-refractivity contribution in [2.75, 3.05) is 0 Å². The summed E-state index contributed by atoms with van der Waals surface area (Å²) in [6.07, 6.45) is 3.29. The summed E-state index contributed by atoms with van der Waals surface area (Å²) in [4.78, 5) is 9.02. The Morgan fingerprint density at radius 3 is 2.74 bits per heavy atom. The fourth-order valence-corrected chi connectivity index (χ4v) is 2.97. The molecule has 7 nitrogen and oxygen atoms in total. The van der Waals surface area contributed by atoms with Crippen LogP contribution in [0.5, 0.6) is 0 Å². The van der Waals surface area contributed by atoms with E-state index in [0.717, 1.165) is 52.4 Å². The van der Waals surface area contributed by atoms with Crippen LogP contribution in [0.1, 0.15) is 34.1 Å². The summed E-state index contributed by atoms with van der Waals surface area (Å²) in [5, 5.41) is 12.7. The van der Waals surface area contributed by atoms with Crippen molar-refractivity contribution >= 4 is 16.7 Å². The third-order valence-electron chi connectivity index (χ3n) is 4.43. The maximum atomic E-state index is 5.66. The molecular formula is C16H18N6O. The van der Waals surface area contributed by atoms with Crippen LogP contribution in [0.3, 0.4) is 0 Å². The molecule has 0 radical (unpaired) electrons. The van der Waals surface area contributed by atoms with E-state index in [1.54, 1.807) is 10.8 Å². The van der Waals surface area contributed by atoms with Crippen LogP contribution >= 0.6 is 0 Å². The summed E-state index contributed by atoms with van der Waals surface area (Å²) in [7, 11) is 0. The van der Waals surface area contributed by atoms with E-state index in [-0.39, 0.29) is 0 Å². The minimum absolute atomic E-state index is 0.618. The summed E-state index contributed by atoms with van der Waals surface area (Å²) >= 11 is 0. The molecule has 0 atom stereocenters. The molecule has 0 unspecified atom stereocenters. The lowest BCUT2D eigenvalue weighted by atomic mass is 10.1. The number of rotatable bonds is 3. The predicted molar refractivity (Wildman–Crippen MR) is 85.5 cm³/mol. The zero-order valence-electron chi connectivity index (χ0n) is 13.6. The Morgan fingerprint density at radius 1 is 1.17 bits per heavy atom. The van der Waals surface area contributed by atoms with E-state index >= 15 is 0 Å². The molecule has 4 aromatic heterocycles. The lowest BCUT2D eigenvalue weighted by Gasteiger charge is -1.97. The van der Waals surface area contributed by atoms with Gasteiger partial charge in [0.1, 0.15) is 12.1 Å². The number of aromatic nitrogens is 6. The lowest BCUT2D eigenvalue weighted by Crippen LogP contribution is -1.96. The predicted octanol–water partition coefficient (Wildman–Crippen LogP) is 2.61. The average Bonchev–Trinajstić information content (AvgIpc) is 3.15. The quantitative estimate of drug-likeness (QED) is 0.628. The van der Waals surface area contributed by atoms with Crippen LogP contribution in [0.25, 0.3) is 16.7 Å². The Labute approximate surface area is 132 Å². The third kappa shape index (κ3) is 2.11. The van der Waals surface area contributed by atoms with Gasteiger partial charge in [0.15, 0.2) is 11.5 Å². The van der Waals surface area contributed by atoms with Crippen molar-refractivity contribution in [1.29, 1.82) is 0 Å². The van der Waals surface area contributed by atoms with Crippen LogP contribution in [-0.2, 0) is 12.8 Å². The highest BCUT2D eigenvalue weighted by molar-refractivity contribution is 5.91. The maximum Gasteiger partial charge on any atom is 0.231 e. The molecule has 0 spiro atoms. The monoisotopic (exact) mass is 310 g/mol. The first-order valence-corrected chi connectivity index (χ1v) is 7.65. The molecule has 0 aliphatic heterocycles. The fraction of sp³-hybridized carbons (Fsp3) is 0.375. The van der Waals surface area contributed by atoms with E-state index < -0.39 is 0 Å². The first kappa shape index (κ1) is 13.9. The van der Waals surface area contributed by atoms with E-state index in [4.69, 9.17) is 9.40 Å². The number of furan rings is 1. The smallest absolute Gasteiger partial charge is 0.231 e. The van der Waals surface area contributed by atoms with Crippen LogP contribution < -0.4 is 0 Å². The molecule has 0 aromatic carbocycles.